The van der Waals surface area contributed by atoms with Crippen molar-refractivity contribution in [3.63, 3.8) is 0 Å². The predicted molar refractivity (Wildman–Crippen MR) is 114 cm³/mol. The van der Waals surface area contributed by atoms with E-state index < -0.39 is 0 Å². The summed E-state index contributed by atoms with van der Waals surface area (Å²) in [5.41, 5.74) is 2.17. The summed E-state index contributed by atoms with van der Waals surface area (Å²) in [5.74, 6) is 0.773. The van der Waals surface area contributed by atoms with Crippen LogP contribution in [0.2, 0.25) is 0 Å². The van der Waals surface area contributed by atoms with E-state index in [9.17, 15) is 4.79 Å². The lowest BCUT2D eigenvalue weighted by atomic mass is 9.96. The molecule has 0 bridgehead atoms. The van der Waals surface area contributed by atoms with Gasteiger partial charge in [-0.25, -0.2) is 0 Å². The van der Waals surface area contributed by atoms with E-state index in [0.29, 0.717) is 6.54 Å². The second kappa shape index (κ2) is 8.49. The minimum atomic E-state index is -0.188. The highest BCUT2D eigenvalue weighted by Crippen LogP contribution is 2.26. The second-order valence-corrected chi connectivity index (χ2v) is 7.62. The average molecular weight is 380 g/mol. The normalized spacial score (nSPS) is 12.0. The summed E-state index contributed by atoms with van der Waals surface area (Å²) in [5, 5.41) is 2.23. The molecule has 0 fully saturated rings. The molecular weight excluding hydrogens is 354 g/mol. The molecule has 0 aliphatic rings. The van der Waals surface area contributed by atoms with E-state index in [0.717, 1.165) is 27.6 Å². The van der Waals surface area contributed by atoms with Gasteiger partial charge in [-0.3, -0.25) is 4.79 Å². The first-order valence-electron chi connectivity index (χ1n) is 8.97. The molecule has 0 N–H and O–H groups in total. The van der Waals surface area contributed by atoms with Crippen molar-refractivity contribution < 1.29 is 9.53 Å². The summed E-state index contributed by atoms with van der Waals surface area (Å²) >= 11 is 1.72. The summed E-state index contributed by atoms with van der Waals surface area (Å²) in [6, 6.07) is 20.5. The Morgan fingerprint density at radius 1 is 1.04 bits per heavy atom. The van der Waals surface area contributed by atoms with E-state index in [1.807, 2.05) is 38.2 Å². The number of rotatable bonds is 6. The fourth-order valence-corrected chi connectivity index (χ4v) is 3.60. The smallest absolute Gasteiger partial charge is 0.229 e. The van der Waals surface area contributed by atoms with Crippen LogP contribution >= 0.6 is 11.8 Å². The lowest BCUT2D eigenvalue weighted by Crippen LogP contribution is -2.30. The van der Waals surface area contributed by atoms with E-state index in [2.05, 4.69) is 42.7 Å². The van der Waals surface area contributed by atoms with Crippen molar-refractivity contribution in [3.8, 4) is 5.75 Å². The molecule has 4 heteroatoms. The molecule has 0 spiro atoms. The minimum absolute atomic E-state index is 0.122. The van der Waals surface area contributed by atoms with E-state index >= 15 is 0 Å². The van der Waals surface area contributed by atoms with Gasteiger partial charge in [0.05, 0.1) is 13.0 Å². The lowest BCUT2D eigenvalue weighted by molar-refractivity contribution is -0.131. The van der Waals surface area contributed by atoms with Gasteiger partial charge in [-0.2, -0.15) is 0 Å². The SMILES string of the molecule is COc1ccc2cc(C(C)C(=O)N(C)Cc3ccc(SC)cc3)ccc2c1. The zero-order chi connectivity index (χ0) is 19.4. The monoisotopic (exact) mass is 379 g/mol. The molecule has 0 aliphatic heterocycles. The number of methoxy groups -OCH3 is 1. The molecule has 0 aliphatic carbocycles. The van der Waals surface area contributed by atoms with E-state index in [1.54, 1.807) is 23.8 Å². The molecule has 1 unspecified atom stereocenters. The third-order valence-electron chi connectivity index (χ3n) is 4.90. The molecule has 3 nitrogen and oxygen atoms in total. The third-order valence-corrected chi connectivity index (χ3v) is 5.64. The second-order valence-electron chi connectivity index (χ2n) is 6.74. The van der Waals surface area contributed by atoms with Crippen LogP contribution in [-0.4, -0.2) is 31.2 Å². The van der Waals surface area contributed by atoms with Crippen molar-refractivity contribution >= 4 is 28.4 Å². The number of amides is 1. The molecule has 3 aromatic carbocycles. The first-order chi connectivity index (χ1) is 13.0. The molecule has 0 aromatic heterocycles. The van der Waals surface area contributed by atoms with E-state index in [-0.39, 0.29) is 11.8 Å². The number of thioether (sulfide) groups is 1. The number of benzene rings is 3. The van der Waals surface area contributed by atoms with Gasteiger partial charge in [-0.1, -0.05) is 36.4 Å². The summed E-state index contributed by atoms with van der Waals surface area (Å²) in [7, 11) is 3.54. The van der Waals surface area contributed by atoms with Crippen LogP contribution in [0.25, 0.3) is 10.8 Å². The molecule has 3 rings (SSSR count). The number of ether oxygens (including phenoxy) is 1. The molecule has 0 heterocycles. The molecule has 27 heavy (non-hydrogen) atoms. The molecule has 3 aromatic rings. The first kappa shape index (κ1) is 19.3. The Hall–Kier alpha value is -2.46. The Morgan fingerprint density at radius 3 is 2.37 bits per heavy atom. The third kappa shape index (κ3) is 4.45. The van der Waals surface area contributed by atoms with Crippen LogP contribution < -0.4 is 4.74 Å². The number of carbonyl (C=O) groups is 1. The molecule has 0 saturated heterocycles. The lowest BCUT2D eigenvalue weighted by Gasteiger charge is -2.22. The Balaban J connectivity index is 1.74. The van der Waals surface area contributed by atoms with Crippen molar-refractivity contribution in [2.24, 2.45) is 0 Å². The van der Waals surface area contributed by atoms with Crippen LogP contribution in [0.15, 0.2) is 65.6 Å². The predicted octanol–water partition coefficient (Wildman–Crippen LogP) is 5.33. The Kier molecular flexibility index (Phi) is 6.07. The van der Waals surface area contributed by atoms with Gasteiger partial charge < -0.3 is 9.64 Å². The van der Waals surface area contributed by atoms with Crippen molar-refractivity contribution in [3.05, 3.63) is 71.8 Å². The van der Waals surface area contributed by atoms with E-state index in [4.69, 9.17) is 4.74 Å². The van der Waals surface area contributed by atoms with Gasteiger partial charge in [0.1, 0.15) is 5.75 Å². The van der Waals surface area contributed by atoms with Gasteiger partial charge in [0.25, 0.3) is 0 Å². The maximum atomic E-state index is 12.9. The average Bonchev–Trinajstić information content (AvgIpc) is 2.72. The number of nitrogens with zero attached hydrogens (tertiary/aromatic N) is 1. The van der Waals surface area contributed by atoms with Gasteiger partial charge in [0, 0.05) is 18.5 Å². The van der Waals surface area contributed by atoms with Crippen molar-refractivity contribution in [1.82, 2.24) is 4.90 Å². The molecule has 1 atom stereocenters. The Morgan fingerprint density at radius 2 is 1.70 bits per heavy atom. The molecular formula is C23H25NO2S. The number of fused-ring (bicyclic) bond motifs is 1. The van der Waals surface area contributed by atoms with Crippen LogP contribution in [0.5, 0.6) is 5.75 Å². The van der Waals surface area contributed by atoms with Crippen LogP contribution in [-0.2, 0) is 11.3 Å². The molecule has 1 amide bonds. The van der Waals surface area contributed by atoms with Crippen LogP contribution in [0.4, 0.5) is 0 Å². The molecule has 0 saturated carbocycles. The van der Waals surface area contributed by atoms with Gasteiger partial charge in [-0.05, 0) is 59.3 Å². The first-order valence-corrected chi connectivity index (χ1v) is 10.2. The van der Waals surface area contributed by atoms with Crippen LogP contribution in [0.3, 0.4) is 0 Å². The highest BCUT2D eigenvalue weighted by Gasteiger charge is 2.19. The maximum Gasteiger partial charge on any atom is 0.229 e. The van der Waals surface area contributed by atoms with Gasteiger partial charge in [-0.15, -0.1) is 11.8 Å². The van der Waals surface area contributed by atoms with E-state index in [1.165, 1.54) is 4.90 Å². The van der Waals surface area contributed by atoms with Gasteiger partial charge in [0.15, 0.2) is 0 Å². The van der Waals surface area contributed by atoms with Crippen LogP contribution in [0.1, 0.15) is 24.0 Å². The Bertz CT molecular complexity index is 937. The standard InChI is InChI=1S/C23H25NO2S/c1-16(18-7-8-20-14-21(26-3)10-9-19(20)13-18)23(25)24(2)15-17-5-11-22(27-4)12-6-17/h5-14,16H,15H2,1-4H3. The highest BCUT2D eigenvalue weighted by atomic mass is 32.2. The van der Waals surface area contributed by atoms with Gasteiger partial charge in [0.2, 0.25) is 5.91 Å². The van der Waals surface area contributed by atoms with Crippen molar-refractivity contribution in [2.75, 3.05) is 20.4 Å². The summed E-state index contributed by atoms with van der Waals surface area (Å²) in [4.78, 5) is 15.9. The van der Waals surface area contributed by atoms with Crippen molar-refractivity contribution in [1.29, 1.82) is 0 Å². The number of hydrogen-bond donors (Lipinski definition) is 0. The zero-order valence-corrected chi connectivity index (χ0v) is 17.0. The quantitative estimate of drug-likeness (QED) is 0.542. The number of carbonyl (C=O) groups excluding carboxylic acids is 1. The topological polar surface area (TPSA) is 29.5 Å². The summed E-state index contributed by atoms with van der Waals surface area (Å²) < 4.78 is 5.28. The Labute approximate surface area is 165 Å². The number of hydrogen-bond acceptors (Lipinski definition) is 3. The summed E-state index contributed by atoms with van der Waals surface area (Å²) in [6.45, 7) is 2.59. The highest BCUT2D eigenvalue weighted by molar-refractivity contribution is 7.98. The largest absolute Gasteiger partial charge is 0.497 e. The maximum absolute atomic E-state index is 12.9. The zero-order valence-electron chi connectivity index (χ0n) is 16.2. The number of likely N-dealkylation sites (N-methyl/N-ethyl adjacent to an activating group) is 1. The van der Waals surface area contributed by atoms with Gasteiger partial charge >= 0.3 is 0 Å². The fraction of sp³-hybridized carbons (Fsp3) is 0.261. The minimum Gasteiger partial charge on any atom is -0.497 e. The molecule has 140 valence electrons. The fourth-order valence-electron chi connectivity index (χ4n) is 3.19. The summed E-state index contributed by atoms with van der Waals surface area (Å²) in [6.07, 6.45) is 2.06. The van der Waals surface area contributed by atoms with Crippen LogP contribution in [0, 0.1) is 0 Å². The van der Waals surface area contributed by atoms with Crippen molar-refractivity contribution in [2.45, 2.75) is 24.3 Å². The molecule has 0 radical (unpaired) electrons.